The van der Waals surface area contributed by atoms with E-state index in [1.165, 1.54) is 24.3 Å². The Kier molecular flexibility index (Phi) is 6.75. The second kappa shape index (κ2) is 10.3. The molecule has 0 spiro atoms. The summed E-state index contributed by atoms with van der Waals surface area (Å²) in [5.41, 5.74) is 3.41. The monoisotopic (exact) mass is 562 g/mol. The van der Waals surface area contributed by atoms with Crippen LogP contribution in [-0.4, -0.2) is 23.9 Å². The maximum absolute atomic E-state index is 13.9. The van der Waals surface area contributed by atoms with E-state index >= 15 is 0 Å². The lowest BCUT2D eigenvalue weighted by molar-refractivity contribution is -0.120. The van der Waals surface area contributed by atoms with Crippen molar-refractivity contribution in [3.63, 3.8) is 0 Å². The summed E-state index contributed by atoms with van der Waals surface area (Å²) in [6.45, 7) is 0.250. The summed E-state index contributed by atoms with van der Waals surface area (Å²) in [4.78, 5) is 20.0. The highest BCUT2D eigenvalue weighted by Gasteiger charge is 2.46. The SMILES string of the molecule is Cn1ccnc1CN(C(=O)[C@@H]1C[C@H]1c1ccc(F)cc1)c1ccc2c(c1)[C@@H](NS(=O)(=O)c1ccc(F)cc1)CC2. The number of carbonyl (C=O) groups excluding carboxylic acids is 1. The molecule has 0 bridgehead atoms. The number of hydrogen-bond donors (Lipinski definition) is 1. The summed E-state index contributed by atoms with van der Waals surface area (Å²) in [6.07, 6.45) is 5.43. The van der Waals surface area contributed by atoms with E-state index in [1.54, 1.807) is 23.2 Å². The van der Waals surface area contributed by atoms with E-state index in [1.807, 2.05) is 36.0 Å². The standard InChI is InChI=1S/C30H28F2N4O3S/c1-35-15-14-33-29(35)18-36(30(37)27-17-25(27)19-2-6-21(31)7-3-19)23-10-4-20-5-13-28(26(20)16-23)34-40(38,39)24-11-8-22(32)9-12-24/h2-4,6-12,14-16,25,27-28,34H,5,13,17-18H2,1H3/t25-,27+,28-/m0/s1. The van der Waals surface area contributed by atoms with E-state index in [2.05, 4.69) is 9.71 Å². The number of halogens is 2. The molecule has 1 amide bonds. The number of aryl methyl sites for hydroxylation is 2. The molecule has 1 N–H and O–H groups in total. The lowest BCUT2D eigenvalue weighted by Gasteiger charge is -2.25. The molecule has 10 heteroatoms. The summed E-state index contributed by atoms with van der Waals surface area (Å²) >= 11 is 0. The fourth-order valence-electron chi connectivity index (χ4n) is 5.48. The van der Waals surface area contributed by atoms with Crippen LogP contribution in [0.5, 0.6) is 0 Å². The van der Waals surface area contributed by atoms with Gasteiger partial charge in [0.05, 0.1) is 11.4 Å². The van der Waals surface area contributed by atoms with E-state index < -0.39 is 21.9 Å². The highest BCUT2D eigenvalue weighted by molar-refractivity contribution is 7.89. The normalized spacial score (nSPS) is 19.8. The predicted octanol–water partition coefficient (Wildman–Crippen LogP) is 5.00. The Bertz CT molecular complexity index is 1670. The number of carbonyl (C=O) groups is 1. The number of aromatic nitrogens is 2. The lowest BCUT2D eigenvalue weighted by Crippen LogP contribution is -2.33. The fourth-order valence-corrected chi connectivity index (χ4v) is 6.73. The molecule has 206 valence electrons. The molecule has 1 aromatic heterocycles. The lowest BCUT2D eigenvalue weighted by atomic mass is 10.1. The zero-order chi connectivity index (χ0) is 28.0. The first-order valence-electron chi connectivity index (χ1n) is 13.1. The minimum absolute atomic E-state index is 0.00865. The zero-order valence-corrected chi connectivity index (χ0v) is 22.6. The molecule has 0 radical (unpaired) electrons. The third kappa shape index (κ3) is 5.16. The smallest absolute Gasteiger partial charge is 0.241 e. The minimum Gasteiger partial charge on any atom is -0.337 e. The molecule has 7 nitrogen and oxygen atoms in total. The van der Waals surface area contributed by atoms with Crippen molar-refractivity contribution < 1.29 is 22.0 Å². The largest absolute Gasteiger partial charge is 0.337 e. The Morgan fingerprint density at radius 2 is 1.75 bits per heavy atom. The third-order valence-electron chi connectivity index (χ3n) is 7.83. The van der Waals surface area contributed by atoms with Crippen LogP contribution in [0.3, 0.4) is 0 Å². The van der Waals surface area contributed by atoms with Crippen molar-refractivity contribution in [2.45, 2.75) is 42.7 Å². The Morgan fingerprint density at radius 3 is 2.42 bits per heavy atom. The van der Waals surface area contributed by atoms with Gasteiger partial charge in [0, 0.05) is 37.1 Å². The van der Waals surface area contributed by atoms with Crippen molar-refractivity contribution in [3.8, 4) is 0 Å². The van der Waals surface area contributed by atoms with Gasteiger partial charge < -0.3 is 9.47 Å². The maximum atomic E-state index is 13.9. The number of hydrogen-bond acceptors (Lipinski definition) is 4. The number of amides is 1. The van der Waals surface area contributed by atoms with Gasteiger partial charge in [0.2, 0.25) is 15.9 Å². The summed E-state index contributed by atoms with van der Waals surface area (Å²) in [5, 5.41) is 0. The Hall–Kier alpha value is -3.89. The number of imidazole rings is 1. The number of benzene rings is 3. The molecule has 1 saturated carbocycles. The van der Waals surface area contributed by atoms with E-state index in [-0.39, 0.29) is 35.0 Å². The van der Waals surface area contributed by atoms with Crippen LogP contribution in [0, 0.1) is 17.6 Å². The molecular formula is C30H28F2N4O3S. The molecule has 0 aliphatic heterocycles. The predicted molar refractivity (Wildman–Crippen MR) is 146 cm³/mol. The van der Waals surface area contributed by atoms with Gasteiger partial charge in [0.1, 0.15) is 17.5 Å². The van der Waals surface area contributed by atoms with Crippen molar-refractivity contribution in [1.29, 1.82) is 0 Å². The van der Waals surface area contributed by atoms with Crippen LogP contribution in [-0.2, 0) is 34.8 Å². The molecule has 4 aromatic rings. The van der Waals surface area contributed by atoms with Crippen molar-refractivity contribution >= 4 is 21.6 Å². The van der Waals surface area contributed by atoms with Crippen molar-refractivity contribution in [2.75, 3.05) is 4.90 Å². The molecule has 0 saturated heterocycles. The number of fused-ring (bicyclic) bond motifs is 1. The van der Waals surface area contributed by atoms with Crippen LogP contribution < -0.4 is 9.62 Å². The molecule has 40 heavy (non-hydrogen) atoms. The highest BCUT2D eigenvalue weighted by Crippen LogP contribution is 2.49. The zero-order valence-electron chi connectivity index (χ0n) is 21.8. The quantitative estimate of drug-likeness (QED) is 0.328. The number of rotatable bonds is 8. The van der Waals surface area contributed by atoms with E-state index in [9.17, 15) is 22.0 Å². The van der Waals surface area contributed by atoms with Crippen molar-refractivity contribution in [1.82, 2.24) is 14.3 Å². The van der Waals surface area contributed by atoms with Crippen LogP contribution in [0.15, 0.2) is 84.0 Å². The third-order valence-corrected chi connectivity index (χ3v) is 9.32. The summed E-state index contributed by atoms with van der Waals surface area (Å²) in [6, 6.07) is 16.2. The van der Waals surface area contributed by atoms with Crippen LogP contribution in [0.4, 0.5) is 14.5 Å². The first-order valence-corrected chi connectivity index (χ1v) is 14.6. The Balaban J connectivity index is 1.29. The van der Waals surface area contributed by atoms with E-state index in [0.29, 0.717) is 30.8 Å². The second-order valence-corrected chi connectivity index (χ2v) is 12.1. The van der Waals surface area contributed by atoms with Crippen molar-refractivity contribution in [2.24, 2.45) is 13.0 Å². The van der Waals surface area contributed by atoms with Gasteiger partial charge in [-0.2, -0.15) is 0 Å². The van der Waals surface area contributed by atoms with Gasteiger partial charge in [-0.25, -0.2) is 26.9 Å². The average Bonchev–Trinajstić information content (AvgIpc) is 3.50. The number of sulfonamides is 1. The van der Waals surface area contributed by atoms with Gasteiger partial charge in [0.15, 0.2) is 0 Å². The van der Waals surface area contributed by atoms with Gasteiger partial charge in [0.25, 0.3) is 0 Å². The van der Waals surface area contributed by atoms with Crippen LogP contribution in [0.1, 0.15) is 47.3 Å². The maximum Gasteiger partial charge on any atom is 0.241 e. The van der Waals surface area contributed by atoms with Crippen LogP contribution >= 0.6 is 0 Å². The van der Waals surface area contributed by atoms with Gasteiger partial charge >= 0.3 is 0 Å². The van der Waals surface area contributed by atoms with Crippen molar-refractivity contribution in [3.05, 3.63) is 113 Å². The minimum atomic E-state index is -3.88. The van der Waals surface area contributed by atoms with E-state index in [4.69, 9.17) is 0 Å². The summed E-state index contributed by atoms with van der Waals surface area (Å²) < 4.78 is 57.5. The summed E-state index contributed by atoms with van der Waals surface area (Å²) in [5.74, 6) is -0.399. The van der Waals surface area contributed by atoms with Gasteiger partial charge in [-0.3, -0.25) is 4.79 Å². The van der Waals surface area contributed by atoms with Gasteiger partial charge in [-0.05, 0) is 90.4 Å². The molecule has 2 aliphatic rings. The summed E-state index contributed by atoms with van der Waals surface area (Å²) in [7, 11) is -2.01. The number of nitrogens with zero attached hydrogens (tertiary/aromatic N) is 3. The van der Waals surface area contributed by atoms with Crippen LogP contribution in [0.25, 0.3) is 0 Å². The Labute approximate surface area is 231 Å². The van der Waals surface area contributed by atoms with E-state index in [0.717, 1.165) is 28.8 Å². The molecule has 3 aromatic carbocycles. The fraction of sp³-hybridized carbons (Fsp3) is 0.267. The van der Waals surface area contributed by atoms with Crippen LogP contribution in [0.2, 0.25) is 0 Å². The first kappa shape index (κ1) is 26.3. The Morgan fingerprint density at radius 1 is 1.05 bits per heavy atom. The molecule has 3 atom stereocenters. The molecule has 1 heterocycles. The average molecular weight is 563 g/mol. The molecular weight excluding hydrogens is 534 g/mol. The number of anilines is 1. The molecule has 6 rings (SSSR count). The highest BCUT2D eigenvalue weighted by atomic mass is 32.2. The number of nitrogens with one attached hydrogen (secondary N) is 1. The van der Waals surface area contributed by atoms with Gasteiger partial charge in [-0.1, -0.05) is 18.2 Å². The molecule has 2 aliphatic carbocycles. The molecule has 0 unspecified atom stereocenters. The topological polar surface area (TPSA) is 84.3 Å². The second-order valence-electron chi connectivity index (χ2n) is 10.4. The van der Waals surface area contributed by atoms with Gasteiger partial charge in [-0.15, -0.1) is 0 Å². The first-order chi connectivity index (χ1) is 19.2. The molecule has 1 fully saturated rings.